The fraction of sp³-hybridized carbons (Fsp3) is 0.583. The van der Waals surface area contributed by atoms with Gasteiger partial charge in [0, 0.05) is 23.6 Å². The van der Waals surface area contributed by atoms with Crippen LogP contribution in [-0.2, 0) is 9.59 Å². The molecule has 1 aliphatic carbocycles. The van der Waals surface area contributed by atoms with Crippen LogP contribution in [0.4, 0.5) is 0 Å². The van der Waals surface area contributed by atoms with Gasteiger partial charge in [-0.2, -0.15) is 0 Å². The molecule has 2 heterocycles. The van der Waals surface area contributed by atoms with Crippen LogP contribution in [0.5, 0.6) is 0 Å². The van der Waals surface area contributed by atoms with Crippen molar-refractivity contribution in [3.8, 4) is 0 Å². The van der Waals surface area contributed by atoms with Crippen LogP contribution < -0.4 is 10.6 Å². The van der Waals surface area contributed by atoms with Gasteiger partial charge in [-0.15, -0.1) is 0 Å². The number of hydrogen-bond acceptors (Lipinski definition) is 3. The van der Waals surface area contributed by atoms with Crippen molar-refractivity contribution >= 4 is 22.7 Å². The number of rotatable bonds is 6. The van der Waals surface area contributed by atoms with Crippen LogP contribution in [0.25, 0.3) is 10.9 Å². The summed E-state index contributed by atoms with van der Waals surface area (Å²) in [5, 5.41) is 7.29. The van der Waals surface area contributed by atoms with Crippen molar-refractivity contribution in [1.82, 2.24) is 20.5 Å². The van der Waals surface area contributed by atoms with Crippen LogP contribution >= 0.6 is 0 Å². The van der Waals surface area contributed by atoms with Gasteiger partial charge in [0.15, 0.2) is 0 Å². The van der Waals surface area contributed by atoms with Crippen molar-refractivity contribution in [2.24, 2.45) is 5.92 Å². The third-order valence-electron chi connectivity index (χ3n) is 7.03. The minimum Gasteiger partial charge on any atom is -0.361 e. The maximum atomic E-state index is 13.8. The summed E-state index contributed by atoms with van der Waals surface area (Å²) in [5.41, 5.74) is 2.29. The number of carbonyl (C=O) groups excluding carboxylic acids is 2. The second kappa shape index (κ2) is 9.21. The molecule has 1 aliphatic heterocycles. The molecule has 30 heavy (non-hydrogen) atoms. The zero-order valence-electron chi connectivity index (χ0n) is 18.1. The van der Waals surface area contributed by atoms with Gasteiger partial charge < -0.3 is 20.5 Å². The van der Waals surface area contributed by atoms with Crippen LogP contribution in [0, 0.1) is 5.92 Å². The monoisotopic (exact) mass is 410 g/mol. The van der Waals surface area contributed by atoms with Gasteiger partial charge in [-0.05, 0) is 57.2 Å². The smallest absolute Gasteiger partial charge is 0.245 e. The number of H-pyrrole nitrogens is 1. The lowest BCUT2D eigenvalue weighted by atomic mass is 9.83. The molecular weight excluding hydrogens is 376 g/mol. The van der Waals surface area contributed by atoms with Gasteiger partial charge in [0.1, 0.15) is 6.04 Å². The number of likely N-dealkylation sites (tertiary alicyclic amines) is 1. The Labute approximate surface area is 178 Å². The number of carbonyl (C=O) groups is 2. The van der Waals surface area contributed by atoms with E-state index in [1.165, 1.54) is 17.4 Å². The van der Waals surface area contributed by atoms with Gasteiger partial charge in [0.05, 0.1) is 12.1 Å². The number of fused-ring (bicyclic) bond motifs is 1. The molecule has 1 saturated heterocycles. The molecule has 0 radical (unpaired) electrons. The number of amides is 2. The molecule has 3 N–H and O–H groups in total. The zero-order chi connectivity index (χ0) is 21.1. The molecule has 2 unspecified atom stereocenters. The molecule has 2 amide bonds. The quantitative estimate of drug-likeness (QED) is 0.682. The minimum absolute atomic E-state index is 0.0679. The molecule has 3 atom stereocenters. The molecule has 6 nitrogen and oxygen atoms in total. The molecule has 1 aromatic heterocycles. The number of para-hydroxylation sites is 1. The average molecular weight is 411 g/mol. The van der Waals surface area contributed by atoms with Crippen molar-refractivity contribution in [3.63, 3.8) is 0 Å². The van der Waals surface area contributed by atoms with Crippen LogP contribution in [0.1, 0.15) is 63.5 Å². The molecule has 6 heteroatoms. The highest BCUT2D eigenvalue weighted by Crippen LogP contribution is 2.37. The second-order valence-corrected chi connectivity index (χ2v) is 8.87. The first-order valence-electron chi connectivity index (χ1n) is 11.4. The van der Waals surface area contributed by atoms with Crippen molar-refractivity contribution in [2.75, 3.05) is 13.6 Å². The third kappa shape index (κ3) is 4.10. The van der Waals surface area contributed by atoms with Crippen LogP contribution in [-0.4, -0.2) is 47.4 Å². The van der Waals surface area contributed by atoms with E-state index >= 15 is 0 Å². The highest BCUT2D eigenvalue weighted by molar-refractivity contribution is 5.91. The topological polar surface area (TPSA) is 77.2 Å². The summed E-state index contributed by atoms with van der Waals surface area (Å²) >= 11 is 0. The van der Waals surface area contributed by atoms with Crippen LogP contribution in [0.2, 0.25) is 0 Å². The molecule has 0 spiro atoms. The third-order valence-corrected chi connectivity index (χ3v) is 7.03. The standard InChI is InChI=1S/C24H34N4O2/c1-16(25-2)23(29)27-22(17-9-4-3-5-10-17)24(30)28-14-8-13-21(28)19-15-26-20-12-7-6-11-18(19)20/h6-7,11-12,15-17,21-22,25-26H,3-5,8-10,13-14H2,1-2H3,(H,27,29)/t16?,21?,22-/m0/s1. The molecule has 0 bridgehead atoms. The van der Waals surface area contributed by atoms with Crippen molar-refractivity contribution < 1.29 is 9.59 Å². The maximum absolute atomic E-state index is 13.8. The summed E-state index contributed by atoms with van der Waals surface area (Å²) < 4.78 is 0. The van der Waals surface area contributed by atoms with E-state index < -0.39 is 6.04 Å². The molecule has 2 aromatic rings. The van der Waals surface area contributed by atoms with E-state index in [4.69, 9.17) is 0 Å². The largest absolute Gasteiger partial charge is 0.361 e. The highest BCUT2D eigenvalue weighted by atomic mass is 16.2. The first kappa shape index (κ1) is 20.9. The molecule has 1 aromatic carbocycles. The Balaban J connectivity index is 1.59. The maximum Gasteiger partial charge on any atom is 0.245 e. The van der Waals surface area contributed by atoms with Gasteiger partial charge >= 0.3 is 0 Å². The van der Waals surface area contributed by atoms with Crippen molar-refractivity contribution in [3.05, 3.63) is 36.0 Å². The lowest BCUT2D eigenvalue weighted by Crippen LogP contribution is -2.55. The first-order valence-corrected chi connectivity index (χ1v) is 11.4. The number of nitrogens with one attached hydrogen (secondary N) is 3. The van der Waals surface area contributed by atoms with Crippen molar-refractivity contribution in [1.29, 1.82) is 0 Å². The lowest BCUT2D eigenvalue weighted by Gasteiger charge is -2.35. The molecule has 162 valence electrons. The normalized spacial score (nSPS) is 22.2. The van der Waals surface area contributed by atoms with Gasteiger partial charge in [-0.3, -0.25) is 9.59 Å². The minimum atomic E-state index is -0.431. The van der Waals surface area contributed by atoms with E-state index in [9.17, 15) is 9.59 Å². The number of likely N-dealkylation sites (N-methyl/N-ethyl adjacent to an activating group) is 1. The number of hydrogen-bond donors (Lipinski definition) is 3. The molecule has 4 rings (SSSR count). The van der Waals surface area contributed by atoms with Crippen molar-refractivity contribution in [2.45, 2.75) is 70.0 Å². The Morgan fingerprint density at radius 1 is 1.10 bits per heavy atom. The van der Waals surface area contributed by atoms with E-state index in [0.717, 1.165) is 50.6 Å². The summed E-state index contributed by atoms with van der Waals surface area (Å²) in [5.74, 6) is 0.221. The summed E-state index contributed by atoms with van der Waals surface area (Å²) in [6.07, 6.45) is 9.53. The van der Waals surface area contributed by atoms with E-state index in [2.05, 4.69) is 33.9 Å². The summed E-state index contributed by atoms with van der Waals surface area (Å²) in [6, 6.07) is 7.59. The van der Waals surface area contributed by atoms with E-state index in [1.54, 1.807) is 7.05 Å². The Bertz CT molecular complexity index is 886. The van der Waals surface area contributed by atoms with Crippen LogP contribution in [0.15, 0.2) is 30.5 Å². The molecular formula is C24H34N4O2. The summed E-state index contributed by atoms with van der Waals surface area (Å²) in [4.78, 5) is 31.9. The van der Waals surface area contributed by atoms with Gasteiger partial charge in [0.2, 0.25) is 11.8 Å². The fourth-order valence-electron chi connectivity index (χ4n) is 5.16. The molecule has 2 fully saturated rings. The number of aromatic amines is 1. The number of aromatic nitrogens is 1. The summed E-state index contributed by atoms with van der Waals surface area (Å²) in [7, 11) is 1.77. The predicted octanol–water partition coefficient (Wildman–Crippen LogP) is 3.50. The number of benzene rings is 1. The predicted molar refractivity (Wildman–Crippen MR) is 119 cm³/mol. The average Bonchev–Trinajstić information content (AvgIpc) is 3.43. The van der Waals surface area contributed by atoms with E-state index in [1.807, 2.05) is 24.0 Å². The Morgan fingerprint density at radius 3 is 2.63 bits per heavy atom. The Hall–Kier alpha value is -2.34. The lowest BCUT2D eigenvalue weighted by molar-refractivity contribution is -0.139. The number of nitrogens with zero attached hydrogens (tertiary/aromatic N) is 1. The molecule has 1 saturated carbocycles. The second-order valence-electron chi connectivity index (χ2n) is 8.87. The Morgan fingerprint density at radius 2 is 1.87 bits per heavy atom. The zero-order valence-corrected chi connectivity index (χ0v) is 18.1. The van der Waals surface area contributed by atoms with E-state index in [-0.39, 0.29) is 29.8 Å². The SMILES string of the molecule is CNC(C)C(=O)N[C@H](C(=O)N1CCCC1c1c[nH]c2ccccc12)C1CCCCC1. The van der Waals surface area contributed by atoms with Gasteiger partial charge in [-0.1, -0.05) is 37.5 Å². The van der Waals surface area contributed by atoms with Crippen LogP contribution in [0.3, 0.4) is 0 Å². The Kier molecular flexibility index (Phi) is 6.42. The fourth-order valence-corrected chi connectivity index (χ4v) is 5.16. The summed E-state index contributed by atoms with van der Waals surface area (Å²) in [6.45, 7) is 2.59. The van der Waals surface area contributed by atoms with Gasteiger partial charge in [0.25, 0.3) is 0 Å². The highest BCUT2D eigenvalue weighted by Gasteiger charge is 2.39. The molecule has 2 aliphatic rings. The van der Waals surface area contributed by atoms with E-state index in [0.29, 0.717) is 0 Å². The van der Waals surface area contributed by atoms with Gasteiger partial charge in [-0.25, -0.2) is 0 Å². The first-order chi connectivity index (χ1) is 14.6.